The normalized spacial score (nSPS) is 22.6. The summed E-state index contributed by atoms with van der Waals surface area (Å²) in [6.07, 6.45) is 2.86. The predicted octanol–water partition coefficient (Wildman–Crippen LogP) is -0.310. The Morgan fingerprint density at radius 2 is 2.38 bits per heavy atom. The van der Waals surface area contributed by atoms with Gasteiger partial charge in [-0.05, 0) is 19.4 Å². The van der Waals surface area contributed by atoms with Gasteiger partial charge in [-0.25, -0.2) is 0 Å². The van der Waals surface area contributed by atoms with E-state index in [9.17, 15) is 4.79 Å². The van der Waals surface area contributed by atoms with E-state index in [4.69, 9.17) is 16.2 Å². The first-order chi connectivity index (χ1) is 7.67. The monoisotopic (exact) mass is 229 g/mol. The van der Waals surface area contributed by atoms with Gasteiger partial charge in [0.05, 0.1) is 6.10 Å². The molecule has 0 bridgehead atoms. The first-order valence-electron chi connectivity index (χ1n) is 6.01. The first kappa shape index (κ1) is 13.4. The molecule has 1 fully saturated rings. The van der Waals surface area contributed by atoms with E-state index in [2.05, 4.69) is 11.8 Å². The lowest BCUT2D eigenvalue weighted by molar-refractivity contribution is -0.119. The molecule has 2 unspecified atom stereocenters. The number of primary amides is 1. The van der Waals surface area contributed by atoms with E-state index in [1.54, 1.807) is 0 Å². The lowest BCUT2D eigenvalue weighted by Gasteiger charge is -2.30. The van der Waals surface area contributed by atoms with Gasteiger partial charge in [0.25, 0.3) is 0 Å². The zero-order chi connectivity index (χ0) is 12.0. The number of nitrogens with zero attached hydrogens (tertiary/aromatic N) is 1. The van der Waals surface area contributed by atoms with Crippen molar-refractivity contribution in [2.75, 3.05) is 26.2 Å². The molecule has 0 saturated carbocycles. The molecule has 0 aliphatic carbocycles. The van der Waals surface area contributed by atoms with Crippen LogP contribution >= 0.6 is 0 Å². The zero-order valence-corrected chi connectivity index (χ0v) is 10.0. The topological polar surface area (TPSA) is 81.6 Å². The Hall–Kier alpha value is -0.650. The van der Waals surface area contributed by atoms with Crippen LogP contribution in [0.1, 0.15) is 26.2 Å². The van der Waals surface area contributed by atoms with Gasteiger partial charge in [-0.3, -0.25) is 9.69 Å². The number of amides is 1. The van der Waals surface area contributed by atoms with Crippen LogP contribution in [0.4, 0.5) is 0 Å². The van der Waals surface area contributed by atoms with E-state index in [1.165, 1.54) is 0 Å². The molecule has 4 N–H and O–H groups in total. The van der Waals surface area contributed by atoms with Crippen molar-refractivity contribution in [3.05, 3.63) is 0 Å². The Balaban J connectivity index is 2.45. The SMILES string of the molecule is CCN(CC1CCCO1)C(CN)CC(N)=O. The average Bonchev–Trinajstić information content (AvgIpc) is 2.75. The largest absolute Gasteiger partial charge is 0.377 e. The number of carbonyl (C=O) groups excluding carboxylic acids is 1. The zero-order valence-electron chi connectivity index (χ0n) is 10.0. The average molecular weight is 229 g/mol. The molecular formula is C11H23N3O2. The van der Waals surface area contributed by atoms with Crippen molar-refractivity contribution < 1.29 is 9.53 Å². The van der Waals surface area contributed by atoms with Crippen LogP contribution in [0.25, 0.3) is 0 Å². The van der Waals surface area contributed by atoms with E-state index in [1.807, 2.05) is 0 Å². The van der Waals surface area contributed by atoms with E-state index in [-0.39, 0.29) is 11.9 Å². The molecule has 94 valence electrons. The maximum absolute atomic E-state index is 10.9. The van der Waals surface area contributed by atoms with Crippen molar-refractivity contribution >= 4 is 5.91 Å². The molecule has 1 amide bonds. The van der Waals surface area contributed by atoms with Gasteiger partial charge < -0.3 is 16.2 Å². The third-order valence-electron chi connectivity index (χ3n) is 3.09. The second-order valence-electron chi connectivity index (χ2n) is 4.28. The number of rotatable bonds is 7. The third-order valence-corrected chi connectivity index (χ3v) is 3.09. The highest BCUT2D eigenvalue weighted by molar-refractivity contribution is 5.74. The molecule has 0 radical (unpaired) electrons. The molecule has 0 aromatic rings. The van der Waals surface area contributed by atoms with Crippen LogP contribution in [0, 0.1) is 0 Å². The summed E-state index contributed by atoms with van der Waals surface area (Å²) in [6.45, 7) is 5.11. The van der Waals surface area contributed by atoms with Crippen LogP contribution in [0.5, 0.6) is 0 Å². The Labute approximate surface area is 97.1 Å². The van der Waals surface area contributed by atoms with Gasteiger partial charge in [-0.15, -0.1) is 0 Å². The third kappa shape index (κ3) is 4.08. The summed E-state index contributed by atoms with van der Waals surface area (Å²) in [7, 11) is 0. The Bertz CT molecular complexity index is 217. The minimum Gasteiger partial charge on any atom is -0.377 e. The standard InChI is InChI=1S/C11H23N3O2/c1-2-14(8-10-4-3-5-16-10)9(7-12)6-11(13)15/h9-10H,2-8,12H2,1H3,(H2,13,15). The number of carbonyl (C=O) groups is 1. The molecule has 1 saturated heterocycles. The molecule has 5 nitrogen and oxygen atoms in total. The predicted molar refractivity (Wildman–Crippen MR) is 62.9 cm³/mol. The van der Waals surface area contributed by atoms with Crippen LogP contribution < -0.4 is 11.5 Å². The summed E-state index contributed by atoms with van der Waals surface area (Å²) in [5, 5.41) is 0. The van der Waals surface area contributed by atoms with Crippen molar-refractivity contribution in [3.63, 3.8) is 0 Å². The lowest BCUT2D eigenvalue weighted by Crippen LogP contribution is -2.46. The Morgan fingerprint density at radius 1 is 1.62 bits per heavy atom. The van der Waals surface area contributed by atoms with Crippen molar-refractivity contribution in [3.8, 4) is 0 Å². The maximum Gasteiger partial charge on any atom is 0.219 e. The van der Waals surface area contributed by atoms with Crippen LogP contribution in [-0.4, -0.2) is 49.2 Å². The number of ether oxygens (including phenoxy) is 1. The van der Waals surface area contributed by atoms with Gasteiger partial charge in [0.1, 0.15) is 0 Å². The second-order valence-corrected chi connectivity index (χ2v) is 4.28. The van der Waals surface area contributed by atoms with Crippen LogP contribution in [0.2, 0.25) is 0 Å². The minimum atomic E-state index is -0.291. The molecule has 0 aromatic heterocycles. The molecule has 1 aliphatic heterocycles. The van der Waals surface area contributed by atoms with E-state index < -0.39 is 0 Å². The van der Waals surface area contributed by atoms with Crippen LogP contribution in [-0.2, 0) is 9.53 Å². The lowest BCUT2D eigenvalue weighted by atomic mass is 10.1. The summed E-state index contributed by atoms with van der Waals surface area (Å²) in [5.74, 6) is -0.291. The highest BCUT2D eigenvalue weighted by atomic mass is 16.5. The minimum absolute atomic E-state index is 0.0479. The summed E-state index contributed by atoms with van der Waals surface area (Å²) >= 11 is 0. The van der Waals surface area contributed by atoms with Gasteiger partial charge in [-0.2, -0.15) is 0 Å². The molecule has 1 aliphatic rings. The smallest absolute Gasteiger partial charge is 0.219 e. The van der Waals surface area contributed by atoms with Gasteiger partial charge in [0, 0.05) is 32.2 Å². The van der Waals surface area contributed by atoms with Crippen molar-refractivity contribution in [1.29, 1.82) is 0 Å². The molecule has 1 heterocycles. The van der Waals surface area contributed by atoms with Crippen molar-refractivity contribution in [1.82, 2.24) is 4.90 Å². The number of likely N-dealkylation sites (N-methyl/N-ethyl adjacent to an activating group) is 1. The van der Waals surface area contributed by atoms with Crippen molar-refractivity contribution in [2.24, 2.45) is 11.5 Å². The van der Waals surface area contributed by atoms with Gasteiger partial charge in [-0.1, -0.05) is 6.92 Å². The molecule has 16 heavy (non-hydrogen) atoms. The van der Waals surface area contributed by atoms with E-state index in [0.717, 1.165) is 32.5 Å². The second kappa shape index (κ2) is 6.83. The highest BCUT2D eigenvalue weighted by Gasteiger charge is 2.23. The molecule has 0 spiro atoms. The van der Waals surface area contributed by atoms with Gasteiger partial charge in [0.15, 0.2) is 0 Å². The molecule has 1 rings (SSSR count). The highest BCUT2D eigenvalue weighted by Crippen LogP contribution is 2.15. The molecule has 0 aromatic carbocycles. The number of hydrogen-bond donors (Lipinski definition) is 2. The quantitative estimate of drug-likeness (QED) is 0.627. The maximum atomic E-state index is 10.9. The first-order valence-corrected chi connectivity index (χ1v) is 6.01. The summed E-state index contributed by atoms with van der Waals surface area (Å²) in [6, 6.07) is 0.0479. The van der Waals surface area contributed by atoms with Crippen LogP contribution in [0.3, 0.4) is 0 Å². The van der Waals surface area contributed by atoms with E-state index in [0.29, 0.717) is 19.1 Å². The fourth-order valence-electron chi connectivity index (χ4n) is 2.18. The van der Waals surface area contributed by atoms with E-state index >= 15 is 0 Å². The summed E-state index contributed by atoms with van der Waals surface area (Å²) in [5.41, 5.74) is 10.9. The molecule has 5 heteroatoms. The Kier molecular flexibility index (Phi) is 5.73. The number of hydrogen-bond acceptors (Lipinski definition) is 4. The summed E-state index contributed by atoms with van der Waals surface area (Å²) < 4.78 is 5.59. The molecule has 2 atom stereocenters. The molecular weight excluding hydrogens is 206 g/mol. The van der Waals surface area contributed by atoms with Gasteiger partial charge in [0.2, 0.25) is 5.91 Å². The fraction of sp³-hybridized carbons (Fsp3) is 0.909. The van der Waals surface area contributed by atoms with Crippen molar-refractivity contribution in [2.45, 2.75) is 38.3 Å². The van der Waals surface area contributed by atoms with Gasteiger partial charge >= 0.3 is 0 Å². The van der Waals surface area contributed by atoms with Crippen LogP contribution in [0.15, 0.2) is 0 Å². The fourth-order valence-corrected chi connectivity index (χ4v) is 2.18. The summed E-state index contributed by atoms with van der Waals surface area (Å²) in [4.78, 5) is 13.1. The number of nitrogens with two attached hydrogens (primary N) is 2. The Morgan fingerprint density at radius 3 is 2.81 bits per heavy atom.